The van der Waals surface area contributed by atoms with Gasteiger partial charge in [-0.25, -0.2) is 4.79 Å². The van der Waals surface area contributed by atoms with E-state index in [2.05, 4.69) is 21.2 Å². The van der Waals surface area contributed by atoms with Crippen molar-refractivity contribution in [2.75, 3.05) is 0 Å². The first kappa shape index (κ1) is 15.3. The quantitative estimate of drug-likeness (QED) is 0.840. The number of alkyl carbamates (subject to hydrolysis) is 1. The highest BCUT2D eigenvalue weighted by atomic mass is 79.9. The lowest BCUT2D eigenvalue weighted by molar-refractivity contribution is -0.109. The Bertz CT molecular complexity index is 599. The van der Waals surface area contributed by atoms with E-state index in [1.165, 1.54) is 0 Å². The Kier molecular flexibility index (Phi) is 5.51. The van der Waals surface area contributed by atoms with Gasteiger partial charge in [0.2, 0.25) is 0 Å². The topological polar surface area (TPSA) is 55.4 Å². The number of carbonyl (C=O) groups is 2. The van der Waals surface area contributed by atoms with Crippen LogP contribution in [0.2, 0.25) is 0 Å². The molecule has 0 saturated heterocycles. The van der Waals surface area contributed by atoms with Gasteiger partial charge in [-0.1, -0.05) is 58.4 Å². The predicted octanol–water partition coefficient (Wildman–Crippen LogP) is 3.62. The minimum absolute atomic E-state index is 0.165. The van der Waals surface area contributed by atoms with Crippen molar-refractivity contribution in [1.29, 1.82) is 0 Å². The molecule has 0 aliphatic heterocycles. The van der Waals surface area contributed by atoms with Gasteiger partial charge in [0.15, 0.2) is 0 Å². The van der Waals surface area contributed by atoms with Gasteiger partial charge in [-0.2, -0.15) is 0 Å². The summed E-state index contributed by atoms with van der Waals surface area (Å²) in [4.78, 5) is 22.8. The third-order valence-corrected chi connectivity index (χ3v) is 3.38. The van der Waals surface area contributed by atoms with E-state index in [9.17, 15) is 9.59 Å². The number of hydrogen-bond donors (Lipinski definition) is 1. The summed E-state index contributed by atoms with van der Waals surface area (Å²) in [6.07, 6.45) is 0.0476. The predicted molar refractivity (Wildman–Crippen MR) is 82.7 cm³/mol. The summed E-state index contributed by atoms with van der Waals surface area (Å²) >= 11 is 3.32. The molecule has 0 aliphatic rings. The number of halogens is 1. The Morgan fingerprint density at radius 2 is 1.81 bits per heavy atom. The molecule has 0 heterocycles. The van der Waals surface area contributed by atoms with E-state index >= 15 is 0 Å². The molecule has 108 valence electrons. The van der Waals surface area contributed by atoms with Crippen LogP contribution in [0.25, 0.3) is 0 Å². The van der Waals surface area contributed by atoms with Crippen molar-refractivity contribution in [3.8, 4) is 0 Å². The van der Waals surface area contributed by atoms with Crippen LogP contribution in [0.1, 0.15) is 17.2 Å². The highest BCUT2D eigenvalue weighted by Gasteiger charge is 2.14. The highest BCUT2D eigenvalue weighted by Crippen LogP contribution is 2.15. The van der Waals surface area contributed by atoms with Crippen molar-refractivity contribution in [1.82, 2.24) is 5.32 Å². The van der Waals surface area contributed by atoms with Gasteiger partial charge in [-0.15, -0.1) is 0 Å². The number of ether oxygens (including phenoxy) is 1. The maximum absolute atomic E-state index is 11.7. The van der Waals surface area contributed by atoms with E-state index in [4.69, 9.17) is 4.74 Å². The zero-order valence-corrected chi connectivity index (χ0v) is 12.7. The number of nitrogens with one attached hydrogen (secondary N) is 1. The van der Waals surface area contributed by atoms with Crippen molar-refractivity contribution < 1.29 is 14.3 Å². The Labute approximate surface area is 131 Å². The molecule has 0 radical (unpaired) electrons. The van der Waals surface area contributed by atoms with Crippen LogP contribution < -0.4 is 5.32 Å². The van der Waals surface area contributed by atoms with Crippen molar-refractivity contribution in [3.63, 3.8) is 0 Å². The van der Waals surface area contributed by atoms with E-state index in [-0.39, 0.29) is 6.61 Å². The van der Waals surface area contributed by atoms with Crippen molar-refractivity contribution in [2.45, 2.75) is 12.6 Å². The summed E-state index contributed by atoms with van der Waals surface area (Å²) < 4.78 is 5.99. The van der Waals surface area contributed by atoms with Gasteiger partial charge in [-0.05, 0) is 23.3 Å². The van der Waals surface area contributed by atoms with Crippen LogP contribution in [-0.2, 0) is 16.1 Å². The molecule has 2 aromatic carbocycles. The number of carbonyl (C=O) groups excluding carboxylic acids is 2. The number of amides is 1. The summed E-state index contributed by atoms with van der Waals surface area (Å²) in [6.45, 7) is 0.165. The van der Waals surface area contributed by atoms with E-state index < -0.39 is 12.1 Å². The molecule has 2 aromatic rings. The van der Waals surface area contributed by atoms with Crippen LogP contribution in [0.5, 0.6) is 0 Å². The standard InChI is InChI=1S/C16H14BrNO3/c17-14-8-6-13(7-9-14)15(10-19)18-16(20)21-11-12-4-2-1-3-5-12/h1-10,15H,11H2,(H,18,20). The van der Waals surface area contributed by atoms with Crippen molar-refractivity contribution >= 4 is 28.3 Å². The Morgan fingerprint density at radius 1 is 1.14 bits per heavy atom. The summed E-state index contributed by atoms with van der Waals surface area (Å²) in [7, 11) is 0. The van der Waals surface area contributed by atoms with E-state index in [0.717, 1.165) is 10.0 Å². The summed E-state index contributed by atoms with van der Waals surface area (Å²) in [6, 6.07) is 15.8. The molecular weight excluding hydrogens is 334 g/mol. The van der Waals surface area contributed by atoms with Crippen molar-refractivity contribution in [3.05, 3.63) is 70.2 Å². The summed E-state index contributed by atoms with van der Waals surface area (Å²) in [5.74, 6) is 0. The zero-order chi connectivity index (χ0) is 15.1. The van der Waals surface area contributed by atoms with Crippen LogP contribution in [-0.4, -0.2) is 12.4 Å². The molecule has 0 aliphatic carbocycles. The first-order valence-electron chi connectivity index (χ1n) is 6.37. The number of hydrogen-bond acceptors (Lipinski definition) is 3. The van der Waals surface area contributed by atoms with Crippen LogP contribution >= 0.6 is 15.9 Å². The first-order valence-corrected chi connectivity index (χ1v) is 7.16. The third-order valence-electron chi connectivity index (χ3n) is 2.85. The molecule has 5 heteroatoms. The fourth-order valence-electron chi connectivity index (χ4n) is 1.76. The smallest absolute Gasteiger partial charge is 0.408 e. The van der Waals surface area contributed by atoms with Crippen LogP contribution in [0.3, 0.4) is 0 Å². The fourth-order valence-corrected chi connectivity index (χ4v) is 2.02. The van der Waals surface area contributed by atoms with E-state index in [1.54, 1.807) is 12.1 Å². The Morgan fingerprint density at radius 3 is 2.43 bits per heavy atom. The van der Waals surface area contributed by atoms with Gasteiger partial charge >= 0.3 is 6.09 Å². The maximum atomic E-state index is 11.7. The lowest BCUT2D eigenvalue weighted by atomic mass is 10.1. The van der Waals surface area contributed by atoms with Crippen LogP contribution in [0.15, 0.2) is 59.1 Å². The molecule has 0 aromatic heterocycles. The fraction of sp³-hybridized carbons (Fsp3) is 0.125. The molecule has 2 rings (SSSR count). The molecule has 0 saturated carbocycles. The second-order valence-electron chi connectivity index (χ2n) is 4.37. The Balaban J connectivity index is 1.91. The zero-order valence-electron chi connectivity index (χ0n) is 11.2. The van der Waals surface area contributed by atoms with E-state index in [1.807, 2.05) is 42.5 Å². The molecule has 1 amide bonds. The number of benzene rings is 2. The second-order valence-corrected chi connectivity index (χ2v) is 5.29. The van der Waals surface area contributed by atoms with Crippen molar-refractivity contribution in [2.24, 2.45) is 0 Å². The average Bonchev–Trinajstić information content (AvgIpc) is 2.52. The van der Waals surface area contributed by atoms with Gasteiger partial charge in [0.25, 0.3) is 0 Å². The molecule has 0 fully saturated rings. The van der Waals surface area contributed by atoms with Gasteiger partial charge in [-0.3, -0.25) is 0 Å². The van der Waals surface area contributed by atoms with Crippen LogP contribution in [0, 0.1) is 0 Å². The largest absolute Gasteiger partial charge is 0.445 e. The SMILES string of the molecule is O=CC(NC(=O)OCc1ccccc1)c1ccc(Br)cc1. The lowest BCUT2D eigenvalue weighted by Crippen LogP contribution is -2.29. The molecule has 0 bridgehead atoms. The second kappa shape index (κ2) is 7.59. The molecule has 21 heavy (non-hydrogen) atoms. The summed E-state index contributed by atoms with van der Waals surface area (Å²) in [5.41, 5.74) is 1.59. The lowest BCUT2D eigenvalue weighted by Gasteiger charge is -2.13. The first-order chi connectivity index (χ1) is 10.2. The van der Waals surface area contributed by atoms with Gasteiger partial charge < -0.3 is 14.8 Å². The van der Waals surface area contributed by atoms with E-state index in [0.29, 0.717) is 11.8 Å². The minimum Gasteiger partial charge on any atom is -0.445 e. The Hall–Kier alpha value is -2.14. The minimum atomic E-state index is -0.721. The number of aldehydes is 1. The molecule has 0 spiro atoms. The molecular formula is C16H14BrNO3. The summed E-state index contributed by atoms with van der Waals surface area (Å²) in [5, 5.41) is 2.53. The highest BCUT2D eigenvalue weighted by molar-refractivity contribution is 9.10. The van der Waals surface area contributed by atoms with Gasteiger partial charge in [0, 0.05) is 4.47 Å². The van der Waals surface area contributed by atoms with Gasteiger partial charge in [0.1, 0.15) is 18.9 Å². The van der Waals surface area contributed by atoms with Crippen LogP contribution in [0.4, 0.5) is 4.79 Å². The number of rotatable bonds is 5. The molecule has 1 N–H and O–H groups in total. The molecule has 4 nitrogen and oxygen atoms in total. The average molecular weight is 348 g/mol. The maximum Gasteiger partial charge on any atom is 0.408 e. The van der Waals surface area contributed by atoms with Gasteiger partial charge in [0.05, 0.1) is 0 Å². The molecule has 1 atom stereocenters. The normalized spacial score (nSPS) is 11.5. The third kappa shape index (κ3) is 4.72. The monoisotopic (exact) mass is 347 g/mol. The molecule has 1 unspecified atom stereocenters.